The molecule has 8 heteroatoms. The molecule has 0 saturated heterocycles. The highest BCUT2D eigenvalue weighted by molar-refractivity contribution is 6.31. The maximum Gasteiger partial charge on any atom is 0.417 e. The monoisotopic (exact) mass is 420 g/mol. The molecule has 0 bridgehead atoms. The molecule has 0 saturated carbocycles. The highest BCUT2D eigenvalue weighted by atomic mass is 35.5. The Morgan fingerprint density at radius 3 is 2.38 bits per heavy atom. The molecule has 2 amide bonds. The van der Waals surface area contributed by atoms with Crippen LogP contribution in [-0.2, 0) is 11.0 Å². The number of fused-ring (bicyclic) bond motifs is 1. The van der Waals surface area contributed by atoms with Crippen molar-refractivity contribution < 1.29 is 22.8 Å². The zero-order valence-corrected chi connectivity index (χ0v) is 16.0. The van der Waals surface area contributed by atoms with Crippen molar-refractivity contribution in [1.29, 1.82) is 0 Å². The van der Waals surface area contributed by atoms with Crippen LogP contribution >= 0.6 is 11.6 Å². The number of carbonyl (C=O) groups is 2. The summed E-state index contributed by atoms with van der Waals surface area (Å²) in [4.78, 5) is 26.0. The van der Waals surface area contributed by atoms with E-state index in [4.69, 9.17) is 11.6 Å². The molecule has 29 heavy (non-hydrogen) atoms. The summed E-state index contributed by atoms with van der Waals surface area (Å²) < 4.78 is 38.8. The summed E-state index contributed by atoms with van der Waals surface area (Å²) in [7, 11) is 1.44. The van der Waals surface area contributed by atoms with E-state index in [9.17, 15) is 22.8 Å². The second kappa shape index (κ2) is 8.13. The van der Waals surface area contributed by atoms with Gasteiger partial charge in [0.2, 0.25) is 5.91 Å². The van der Waals surface area contributed by atoms with Crippen LogP contribution in [0.4, 0.5) is 18.9 Å². The van der Waals surface area contributed by atoms with Crippen LogP contribution < -0.4 is 5.32 Å². The number of rotatable bonds is 4. The van der Waals surface area contributed by atoms with Gasteiger partial charge in [0, 0.05) is 18.3 Å². The molecule has 1 N–H and O–H groups in total. The fraction of sp³-hybridized carbons (Fsp3) is 0.143. The zero-order chi connectivity index (χ0) is 21.2. The lowest BCUT2D eigenvalue weighted by Crippen LogP contribution is -2.35. The first-order chi connectivity index (χ1) is 13.6. The number of halogens is 4. The number of alkyl halides is 3. The van der Waals surface area contributed by atoms with E-state index in [1.54, 1.807) is 12.1 Å². The number of likely N-dealkylation sites (N-methyl/N-ethyl adjacent to an activating group) is 1. The molecular weight excluding hydrogens is 405 g/mol. The van der Waals surface area contributed by atoms with Gasteiger partial charge in [-0.15, -0.1) is 0 Å². The lowest BCUT2D eigenvalue weighted by molar-refractivity contribution is -0.137. The van der Waals surface area contributed by atoms with E-state index in [1.165, 1.54) is 18.0 Å². The van der Waals surface area contributed by atoms with Gasteiger partial charge in [-0.1, -0.05) is 41.9 Å². The molecule has 0 aliphatic rings. The van der Waals surface area contributed by atoms with Gasteiger partial charge in [0.15, 0.2) is 0 Å². The Balaban J connectivity index is 1.69. The van der Waals surface area contributed by atoms with Crippen molar-refractivity contribution in [2.75, 3.05) is 18.9 Å². The third-order valence-electron chi connectivity index (χ3n) is 4.28. The highest BCUT2D eigenvalue weighted by Crippen LogP contribution is 2.36. The Kier molecular flexibility index (Phi) is 5.79. The second-order valence-corrected chi connectivity index (χ2v) is 6.87. The van der Waals surface area contributed by atoms with Crippen LogP contribution in [0.15, 0.2) is 60.7 Å². The molecule has 0 spiro atoms. The topological polar surface area (TPSA) is 49.4 Å². The second-order valence-electron chi connectivity index (χ2n) is 6.46. The number of carbonyl (C=O) groups excluding carboxylic acids is 2. The fourth-order valence-corrected chi connectivity index (χ4v) is 3.08. The molecule has 0 aliphatic carbocycles. The van der Waals surface area contributed by atoms with Crippen molar-refractivity contribution in [2.45, 2.75) is 6.18 Å². The Bertz CT molecular complexity index is 1080. The molecule has 0 fully saturated rings. The van der Waals surface area contributed by atoms with Crippen molar-refractivity contribution in [1.82, 2.24) is 4.90 Å². The summed E-state index contributed by atoms with van der Waals surface area (Å²) in [5.74, 6) is -1.00. The van der Waals surface area contributed by atoms with E-state index in [0.717, 1.165) is 22.9 Å². The number of anilines is 1. The first-order valence-electron chi connectivity index (χ1n) is 8.56. The first kappa shape index (κ1) is 20.7. The summed E-state index contributed by atoms with van der Waals surface area (Å²) in [5.41, 5.74) is -0.694. The Hall–Kier alpha value is -3.06. The quantitative estimate of drug-likeness (QED) is 0.629. The predicted molar refractivity (Wildman–Crippen MR) is 106 cm³/mol. The van der Waals surface area contributed by atoms with Gasteiger partial charge < -0.3 is 10.2 Å². The standard InChI is InChI=1S/C21H16ClF3N2O2/c1-27(20(29)15-7-6-13-4-2-3-5-14(13)10-15)12-19(28)26-16-8-9-18(22)17(11-16)21(23,24)25/h2-11H,12H2,1H3,(H,26,28). The van der Waals surface area contributed by atoms with Crippen LogP contribution in [0.1, 0.15) is 15.9 Å². The lowest BCUT2D eigenvalue weighted by atomic mass is 10.1. The molecule has 3 aromatic rings. The van der Waals surface area contributed by atoms with Crippen LogP contribution in [0.3, 0.4) is 0 Å². The summed E-state index contributed by atoms with van der Waals surface area (Å²) in [5, 5.41) is 3.76. The van der Waals surface area contributed by atoms with E-state index in [0.29, 0.717) is 5.56 Å². The molecule has 0 unspecified atom stereocenters. The number of benzene rings is 3. The van der Waals surface area contributed by atoms with Gasteiger partial charge in [-0.2, -0.15) is 13.2 Å². The molecule has 3 aromatic carbocycles. The fourth-order valence-electron chi connectivity index (χ4n) is 2.85. The predicted octanol–water partition coefficient (Wildman–Crippen LogP) is 5.22. The molecule has 0 aliphatic heterocycles. The number of nitrogens with one attached hydrogen (secondary N) is 1. The van der Waals surface area contributed by atoms with Crippen LogP contribution in [0, 0.1) is 0 Å². The molecule has 0 radical (unpaired) electrons. The Labute approximate surface area is 169 Å². The summed E-state index contributed by atoms with van der Waals surface area (Å²) in [6.45, 7) is -0.324. The lowest BCUT2D eigenvalue weighted by Gasteiger charge is -2.18. The SMILES string of the molecule is CN(CC(=O)Nc1ccc(Cl)c(C(F)(F)F)c1)C(=O)c1ccc2ccccc2c1. The largest absolute Gasteiger partial charge is 0.417 e. The third-order valence-corrected chi connectivity index (χ3v) is 4.61. The summed E-state index contributed by atoms with van der Waals surface area (Å²) in [6, 6.07) is 15.8. The van der Waals surface area contributed by atoms with Crippen LogP contribution in [0.2, 0.25) is 5.02 Å². The van der Waals surface area contributed by atoms with Crippen molar-refractivity contribution in [2.24, 2.45) is 0 Å². The van der Waals surface area contributed by atoms with E-state index in [-0.39, 0.29) is 18.1 Å². The van der Waals surface area contributed by atoms with Gasteiger partial charge in [0.1, 0.15) is 0 Å². The molecule has 0 heterocycles. The molecule has 0 atom stereocenters. The third kappa shape index (κ3) is 4.86. The van der Waals surface area contributed by atoms with E-state index in [2.05, 4.69) is 5.32 Å². The summed E-state index contributed by atoms with van der Waals surface area (Å²) >= 11 is 5.57. The van der Waals surface area contributed by atoms with Gasteiger partial charge in [-0.25, -0.2) is 0 Å². The normalized spacial score (nSPS) is 11.3. The van der Waals surface area contributed by atoms with Gasteiger partial charge in [-0.3, -0.25) is 9.59 Å². The molecular formula is C21H16ClF3N2O2. The molecule has 0 aromatic heterocycles. The van der Waals surface area contributed by atoms with Crippen LogP contribution in [-0.4, -0.2) is 30.3 Å². The average molecular weight is 421 g/mol. The van der Waals surface area contributed by atoms with E-state index in [1.807, 2.05) is 30.3 Å². The van der Waals surface area contributed by atoms with Gasteiger partial charge in [0.05, 0.1) is 17.1 Å². The van der Waals surface area contributed by atoms with Crippen molar-refractivity contribution in [3.05, 3.63) is 76.8 Å². The highest BCUT2D eigenvalue weighted by Gasteiger charge is 2.33. The number of nitrogens with zero attached hydrogens (tertiary/aromatic N) is 1. The minimum atomic E-state index is -4.64. The first-order valence-corrected chi connectivity index (χ1v) is 8.94. The molecule has 3 rings (SSSR count). The average Bonchev–Trinajstić information content (AvgIpc) is 2.67. The van der Waals surface area contributed by atoms with E-state index >= 15 is 0 Å². The Morgan fingerprint density at radius 1 is 1.00 bits per heavy atom. The minimum Gasteiger partial charge on any atom is -0.332 e. The Morgan fingerprint density at radius 2 is 1.69 bits per heavy atom. The maximum atomic E-state index is 12.9. The number of hydrogen-bond acceptors (Lipinski definition) is 2. The minimum absolute atomic E-state index is 0.0571. The number of amides is 2. The molecule has 4 nitrogen and oxygen atoms in total. The smallest absolute Gasteiger partial charge is 0.332 e. The van der Waals surface area contributed by atoms with Gasteiger partial charge in [-0.05, 0) is 41.1 Å². The van der Waals surface area contributed by atoms with Crippen molar-refractivity contribution >= 4 is 39.9 Å². The van der Waals surface area contributed by atoms with Gasteiger partial charge >= 0.3 is 6.18 Å². The van der Waals surface area contributed by atoms with Crippen LogP contribution in [0.5, 0.6) is 0 Å². The number of hydrogen-bond donors (Lipinski definition) is 1. The molecule has 150 valence electrons. The van der Waals surface area contributed by atoms with Crippen LogP contribution in [0.25, 0.3) is 10.8 Å². The van der Waals surface area contributed by atoms with Crippen molar-refractivity contribution in [3.63, 3.8) is 0 Å². The maximum absolute atomic E-state index is 12.9. The van der Waals surface area contributed by atoms with Gasteiger partial charge in [0.25, 0.3) is 5.91 Å². The van der Waals surface area contributed by atoms with Crippen molar-refractivity contribution in [3.8, 4) is 0 Å². The zero-order valence-electron chi connectivity index (χ0n) is 15.3. The summed E-state index contributed by atoms with van der Waals surface area (Å²) in [6.07, 6.45) is -4.64. The van der Waals surface area contributed by atoms with E-state index < -0.39 is 22.7 Å².